The van der Waals surface area contributed by atoms with Gasteiger partial charge in [-0.3, -0.25) is 4.79 Å². The maximum Gasteiger partial charge on any atom is 0.244 e. The third kappa shape index (κ3) is 3.28. The second-order valence-electron chi connectivity index (χ2n) is 3.26. The Bertz CT molecular complexity index is 262. The minimum absolute atomic E-state index is 0.322. The number of carbonyl (C=O) groups excluding carboxylic acids is 1. The fourth-order valence-electron chi connectivity index (χ4n) is 1.26. The molecule has 2 N–H and O–H groups in total. The number of primary amides is 1. The number of amides is 1. The number of hydrogen-bond donors (Lipinski definition) is 1. The predicted octanol–water partition coefficient (Wildman–Crippen LogP) is 1.94. The van der Waals surface area contributed by atoms with Crippen molar-refractivity contribution < 1.29 is 4.79 Å². The summed E-state index contributed by atoms with van der Waals surface area (Å²) in [5, 5.41) is 0. The second kappa shape index (κ2) is 4.65. The van der Waals surface area contributed by atoms with Crippen LogP contribution in [0, 0.1) is 5.92 Å². The van der Waals surface area contributed by atoms with Crippen molar-refractivity contribution in [3.63, 3.8) is 0 Å². The van der Waals surface area contributed by atoms with Gasteiger partial charge >= 0.3 is 0 Å². The number of allylic oxidation sites excluding steroid dienone is 5. The molecular formula is C11H15NO. The van der Waals surface area contributed by atoms with E-state index in [1.807, 2.05) is 6.08 Å². The lowest BCUT2D eigenvalue weighted by molar-refractivity contribution is -0.114. The summed E-state index contributed by atoms with van der Waals surface area (Å²) < 4.78 is 0. The van der Waals surface area contributed by atoms with Crippen LogP contribution in [0.4, 0.5) is 0 Å². The van der Waals surface area contributed by atoms with E-state index < -0.39 is 0 Å². The van der Waals surface area contributed by atoms with Crippen LogP contribution < -0.4 is 5.73 Å². The van der Waals surface area contributed by atoms with Crippen molar-refractivity contribution in [1.29, 1.82) is 0 Å². The van der Waals surface area contributed by atoms with E-state index >= 15 is 0 Å². The van der Waals surface area contributed by atoms with Gasteiger partial charge in [0.05, 0.1) is 0 Å². The molecule has 0 fully saturated rings. The molecule has 0 bridgehead atoms. The van der Waals surface area contributed by atoms with E-state index in [4.69, 9.17) is 5.73 Å². The molecule has 2 heteroatoms. The largest absolute Gasteiger partial charge is 0.366 e. The van der Waals surface area contributed by atoms with Crippen molar-refractivity contribution in [2.45, 2.75) is 19.8 Å². The fraction of sp³-hybridized carbons (Fsp3) is 0.364. The molecule has 0 saturated carbocycles. The first-order valence-corrected chi connectivity index (χ1v) is 4.51. The van der Waals surface area contributed by atoms with E-state index in [0.29, 0.717) is 11.5 Å². The quantitative estimate of drug-likeness (QED) is 0.655. The lowest BCUT2D eigenvalue weighted by Gasteiger charge is -2.01. The maximum atomic E-state index is 10.7. The van der Waals surface area contributed by atoms with E-state index in [0.717, 1.165) is 12.8 Å². The lowest BCUT2D eigenvalue weighted by Crippen LogP contribution is -2.11. The van der Waals surface area contributed by atoms with Gasteiger partial charge in [-0.15, -0.1) is 0 Å². The Morgan fingerprint density at radius 2 is 2.08 bits per heavy atom. The Morgan fingerprint density at radius 3 is 2.62 bits per heavy atom. The van der Waals surface area contributed by atoms with Crippen LogP contribution in [0.3, 0.4) is 0 Å². The molecule has 1 amide bonds. The van der Waals surface area contributed by atoms with Crippen LogP contribution in [0.25, 0.3) is 0 Å². The van der Waals surface area contributed by atoms with Crippen LogP contribution in [-0.4, -0.2) is 5.91 Å². The summed E-state index contributed by atoms with van der Waals surface area (Å²) in [5.41, 5.74) is 5.75. The molecule has 0 aromatic heterocycles. The average molecular weight is 177 g/mol. The first-order chi connectivity index (χ1) is 6.20. The molecule has 13 heavy (non-hydrogen) atoms. The van der Waals surface area contributed by atoms with Gasteiger partial charge in [-0.2, -0.15) is 0 Å². The molecule has 2 nitrogen and oxygen atoms in total. The van der Waals surface area contributed by atoms with Crippen LogP contribution in [0.5, 0.6) is 0 Å². The Kier molecular flexibility index (Phi) is 3.50. The summed E-state index contributed by atoms with van der Waals surface area (Å²) in [5.74, 6) is 0.217. The fourth-order valence-corrected chi connectivity index (χ4v) is 1.26. The van der Waals surface area contributed by atoms with Crippen molar-refractivity contribution in [2.75, 3.05) is 0 Å². The summed E-state index contributed by atoms with van der Waals surface area (Å²) in [6.45, 7) is 1.75. The minimum Gasteiger partial charge on any atom is -0.366 e. The number of rotatable bonds is 4. The molecule has 1 aliphatic rings. The van der Waals surface area contributed by atoms with Crippen molar-refractivity contribution >= 4 is 5.91 Å². The molecule has 0 aromatic carbocycles. The van der Waals surface area contributed by atoms with Crippen LogP contribution in [0.2, 0.25) is 0 Å². The van der Waals surface area contributed by atoms with Gasteiger partial charge in [-0.25, -0.2) is 0 Å². The SMILES string of the molecule is CC(=CCCC1C=CC=C1)C(N)=O. The zero-order valence-corrected chi connectivity index (χ0v) is 7.86. The third-order valence-electron chi connectivity index (χ3n) is 2.17. The van der Waals surface area contributed by atoms with Gasteiger partial charge in [-0.05, 0) is 25.7 Å². The molecule has 0 radical (unpaired) electrons. The average Bonchev–Trinajstić information content (AvgIpc) is 2.56. The van der Waals surface area contributed by atoms with Crippen molar-refractivity contribution in [1.82, 2.24) is 0 Å². The zero-order chi connectivity index (χ0) is 9.68. The number of hydrogen-bond acceptors (Lipinski definition) is 1. The third-order valence-corrected chi connectivity index (χ3v) is 2.17. The van der Waals surface area contributed by atoms with Crippen LogP contribution >= 0.6 is 0 Å². The lowest BCUT2D eigenvalue weighted by atomic mass is 10.0. The number of carbonyl (C=O) groups is 1. The molecule has 0 unspecified atom stereocenters. The molecule has 0 saturated heterocycles. The predicted molar refractivity (Wildman–Crippen MR) is 54.0 cm³/mol. The van der Waals surface area contributed by atoms with Crippen LogP contribution in [0.15, 0.2) is 36.0 Å². The van der Waals surface area contributed by atoms with Gasteiger partial charge in [0.2, 0.25) is 5.91 Å². The van der Waals surface area contributed by atoms with Gasteiger partial charge in [-0.1, -0.05) is 30.4 Å². The number of nitrogens with two attached hydrogens (primary N) is 1. The normalized spacial score (nSPS) is 16.8. The topological polar surface area (TPSA) is 43.1 Å². The molecule has 1 rings (SSSR count). The van der Waals surface area contributed by atoms with Crippen LogP contribution in [-0.2, 0) is 4.79 Å². The summed E-state index contributed by atoms with van der Waals surface area (Å²) in [6.07, 6.45) is 12.3. The Hall–Kier alpha value is -1.31. The van der Waals surface area contributed by atoms with Gasteiger partial charge in [0.15, 0.2) is 0 Å². The standard InChI is InChI=1S/C11H15NO/c1-9(11(12)13)5-4-8-10-6-2-3-7-10/h2-3,5-7,10H,4,8H2,1H3,(H2,12,13). The summed E-state index contributed by atoms with van der Waals surface area (Å²) in [4.78, 5) is 10.7. The summed E-state index contributed by atoms with van der Waals surface area (Å²) in [6, 6.07) is 0. The highest BCUT2D eigenvalue weighted by Gasteiger charge is 2.02. The zero-order valence-electron chi connectivity index (χ0n) is 7.86. The van der Waals surface area contributed by atoms with Crippen LogP contribution in [0.1, 0.15) is 19.8 Å². The Balaban J connectivity index is 2.27. The van der Waals surface area contributed by atoms with Gasteiger partial charge in [0.1, 0.15) is 0 Å². The van der Waals surface area contributed by atoms with E-state index in [2.05, 4.69) is 24.3 Å². The molecular weight excluding hydrogens is 162 g/mol. The summed E-state index contributed by atoms with van der Waals surface area (Å²) >= 11 is 0. The second-order valence-corrected chi connectivity index (χ2v) is 3.26. The molecule has 0 aromatic rings. The molecule has 1 aliphatic carbocycles. The summed E-state index contributed by atoms with van der Waals surface area (Å²) in [7, 11) is 0. The molecule has 0 atom stereocenters. The van der Waals surface area contributed by atoms with E-state index in [-0.39, 0.29) is 5.91 Å². The first-order valence-electron chi connectivity index (χ1n) is 4.51. The van der Waals surface area contributed by atoms with Gasteiger partial charge in [0.25, 0.3) is 0 Å². The highest BCUT2D eigenvalue weighted by atomic mass is 16.1. The van der Waals surface area contributed by atoms with Gasteiger partial charge < -0.3 is 5.73 Å². The maximum absolute atomic E-state index is 10.7. The minimum atomic E-state index is -0.322. The molecule has 0 spiro atoms. The van der Waals surface area contributed by atoms with Crippen molar-refractivity contribution in [2.24, 2.45) is 11.7 Å². The molecule has 70 valence electrons. The van der Waals surface area contributed by atoms with E-state index in [1.54, 1.807) is 6.92 Å². The van der Waals surface area contributed by atoms with E-state index in [9.17, 15) is 4.79 Å². The van der Waals surface area contributed by atoms with Crippen molar-refractivity contribution in [3.05, 3.63) is 36.0 Å². The van der Waals surface area contributed by atoms with E-state index in [1.165, 1.54) is 0 Å². The highest BCUT2D eigenvalue weighted by Crippen LogP contribution is 2.15. The monoisotopic (exact) mass is 177 g/mol. The first kappa shape index (κ1) is 9.78. The molecule has 0 aliphatic heterocycles. The Labute approximate surface area is 78.8 Å². The molecule has 0 heterocycles. The van der Waals surface area contributed by atoms with Gasteiger partial charge in [0, 0.05) is 5.57 Å². The Morgan fingerprint density at radius 1 is 1.46 bits per heavy atom. The van der Waals surface area contributed by atoms with Crippen molar-refractivity contribution in [3.8, 4) is 0 Å². The highest BCUT2D eigenvalue weighted by molar-refractivity contribution is 5.91. The smallest absolute Gasteiger partial charge is 0.244 e.